The smallest absolute Gasteiger partial charge is 0.329 e. The lowest BCUT2D eigenvalue weighted by Crippen LogP contribution is -2.61. The Morgan fingerprint density at radius 2 is 1.62 bits per heavy atom. The summed E-state index contributed by atoms with van der Waals surface area (Å²) in [6.07, 6.45) is 9.49. The predicted octanol–water partition coefficient (Wildman–Crippen LogP) is 5.71. The van der Waals surface area contributed by atoms with E-state index >= 15 is 0 Å². The zero-order valence-corrected chi connectivity index (χ0v) is 40.6. The van der Waals surface area contributed by atoms with E-state index in [1.165, 1.54) is 7.11 Å². The number of aliphatic hydroxyl groups excluding tert-OH is 2. The van der Waals surface area contributed by atoms with Gasteiger partial charge in [0.1, 0.15) is 36.2 Å². The first-order valence-corrected chi connectivity index (χ1v) is 24.0. The molecule has 1 amide bonds. The van der Waals surface area contributed by atoms with Crippen LogP contribution in [-0.2, 0) is 52.5 Å². The standard InChI is InChI=1S/C51H77NO14/c1-30-15-11-10-12-16-31(2)42(64-29-53)27-38-20-18-36(7)51(61,66-38)48(58)49(59)52-22-14-13-17-39(52)50(60)65-43(33(4)25-37-19-21-40(54)44(26-37)62-8)28-41(55)32(3)24-35(6)46(57)47(63-9)45(56)34(5)23-30/h10-12,15-16,24,29-30,32-34,36-40,42-44,46-47,54,57,61H,13-14,17-23,25-28H2,1-9H3/b12-10+,15-11-,31-16+,35-24+/t30-,32-,33-,34-,36-,37+,38+,39+,40-,42-,43+,44-,46-,47+,51-/m1/s1. The largest absolute Gasteiger partial charge is 0.460 e. The van der Waals surface area contributed by atoms with Crippen LogP contribution in [0.4, 0.5) is 0 Å². The van der Waals surface area contributed by atoms with Gasteiger partial charge in [-0.15, -0.1) is 0 Å². The predicted molar refractivity (Wildman–Crippen MR) is 245 cm³/mol. The summed E-state index contributed by atoms with van der Waals surface area (Å²) in [5.74, 6) is -8.45. The van der Waals surface area contributed by atoms with E-state index in [0.29, 0.717) is 75.4 Å². The number of rotatable bonds is 7. The van der Waals surface area contributed by atoms with Gasteiger partial charge in [-0.25, -0.2) is 4.79 Å². The summed E-state index contributed by atoms with van der Waals surface area (Å²) >= 11 is 0. The van der Waals surface area contributed by atoms with Gasteiger partial charge in [-0.2, -0.15) is 0 Å². The molecule has 4 aliphatic rings. The van der Waals surface area contributed by atoms with Crippen molar-refractivity contribution < 1.29 is 67.8 Å². The fourth-order valence-corrected chi connectivity index (χ4v) is 10.1. The maximum Gasteiger partial charge on any atom is 0.329 e. The van der Waals surface area contributed by atoms with Gasteiger partial charge in [0.25, 0.3) is 18.2 Å². The third-order valence-electron chi connectivity index (χ3n) is 14.4. The first-order chi connectivity index (χ1) is 31.2. The molecule has 1 saturated carbocycles. The fourth-order valence-electron chi connectivity index (χ4n) is 10.1. The normalized spacial score (nSPS) is 39.8. The number of allylic oxidation sites excluding steroid dienone is 6. The first kappa shape index (κ1) is 54.7. The van der Waals surface area contributed by atoms with E-state index in [2.05, 4.69) is 0 Å². The number of esters is 1. The van der Waals surface area contributed by atoms with Gasteiger partial charge in [-0.05, 0) is 107 Å². The molecular formula is C51H77NO14. The minimum atomic E-state index is -2.52. The Morgan fingerprint density at radius 3 is 2.30 bits per heavy atom. The third-order valence-corrected chi connectivity index (χ3v) is 14.4. The second-order valence-electron chi connectivity index (χ2n) is 19.6. The Hall–Kier alpha value is -3.86. The molecule has 0 aromatic rings. The third kappa shape index (κ3) is 14.3. The van der Waals surface area contributed by atoms with Crippen molar-refractivity contribution >= 4 is 35.7 Å². The van der Waals surface area contributed by atoms with E-state index in [1.54, 1.807) is 66.0 Å². The highest BCUT2D eigenvalue weighted by Crippen LogP contribution is 2.38. The lowest BCUT2D eigenvalue weighted by Gasteiger charge is -2.42. The van der Waals surface area contributed by atoms with Crippen LogP contribution in [0.1, 0.15) is 126 Å². The summed E-state index contributed by atoms with van der Waals surface area (Å²) in [6.45, 7) is 12.7. The van der Waals surface area contributed by atoms with Crippen molar-refractivity contribution in [3.63, 3.8) is 0 Å². The van der Waals surface area contributed by atoms with E-state index in [9.17, 15) is 44.1 Å². The van der Waals surface area contributed by atoms with Gasteiger partial charge >= 0.3 is 5.97 Å². The summed E-state index contributed by atoms with van der Waals surface area (Å²) in [6, 6.07) is -1.18. The van der Waals surface area contributed by atoms with Gasteiger partial charge in [-0.1, -0.05) is 71.1 Å². The Balaban J connectivity index is 1.71. The summed E-state index contributed by atoms with van der Waals surface area (Å²) < 4.78 is 28.9. The van der Waals surface area contributed by atoms with Gasteiger partial charge in [0, 0.05) is 51.4 Å². The number of carbonyl (C=O) groups is 6. The van der Waals surface area contributed by atoms with Crippen molar-refractivity contribution in [3.8, 4) is 0 Å². The van der Waals surface area contributed by atoms with Crippen LogP contribution in [0.2, 0.25) is 0 Å². The molecule has 4 rings (SSSR count). The van der Waals surface area contributed by atoms with E-state index in [0.717, 1.165) is 4.90 Å². The summed E-state index contributed by atoms with van der Waals surface area (Å²) in [4.78, 5) is 83.4. The number of aliphatic hydroxyl groups is 3. The molecule has 3 aliphatic heterocycles. The monoisotopic (exact) mass is 928 g/mol. The topological polar surface area (TPSA) is 212 Å². The number of amides is 1. The van der Waals surface area contributed by atoms with Crippen molar-refractivity contribution in [3.05, 3.63) is 47.6 Å². The molecule has 15 heteroatoms. The van der Waals surface area contributed by atoms with Gasteiger partial charge in [0.05, 0.1) is 18.3 Å². The minimum absolute atomic E-state index is 0.0275. The molecule has 0 spiro atoms. The SMILES string of the molecule is CO[C@@H]1C[C@H](C[C@@H](C)[C@@H]2CC(=O)[C@H](C)/C=C(\C)[C@@H](O)[C@@H](OC)C(=O)[C@H](C)C[C@H](C)\C=C/C=C/C=C(\C)[C@H](OC=O)C[C@@H]3CC[C@@H](C)[C@@](O)(O3)C(=O)C(=O)N3CCCC[C@H]3C(=O)O2)CC[C@H]1O. The number of ether oxygens (including phenoxy) is 5. The van der Waals surface area contributed by atoms with Crippen LogP contribution in [-0.4, -0.2) is 131 Å². The fraction of sp³-hybridized carbons (Fsp3) is 0.725. The van der Waals surface area contributed by atoms with Crippen molar-refractivity contribution in [2.45, 2.75) is 180 Å². The Bertz CT molecular complexity index is 1810. The van der Waals surface area contributed by atoms with Crippen LogP contribution < -0.4 is 0 Å². The zero-order chi connectivity index (χ0) is 48.9. The molecule has 0 aromatic heterocycles. The van der Waals surface area contributed by atoms with Crippen molar-refractivity contribution in [1.82, 2.24) is 4.90 Å². The summed E-state index contributed by atoms with van der Waals surface area (Å²) in [5.41, 5.74) is 1.03. The van der Waals surface area contributed by atoms with E-state index in [-0.39, 0.29) is 61.2 Å². The number of carbonyl (C=O) groups excluding carboxylic acids is 6. The Labute approximate surface area is 391 Å². The molecule has 0 unspecified atom stereocenters. The van der Waals surface area contributed by atoms with Crippen LogP contribution in [0.25, 0.3) is 0 Å². The average Bonchev–Trinajstić information content (AvgIpc) is 3.29. The number of ketones is 3. The van der Waals surface area contributed by atoms with Crippen LogP contribution in [0.3, 0.4) is 0 Å². The highest BCUT2D eigenvalue weighted by molar-refractivity contribution is 6.39. The molecule has 15 atom stereocenters. The number of Topliss-reactive ketones (excluding diaryl/α,β-unsaturated/α-hetero) is 3. The molecule has 2 saturated heterocycles. The summed E-state index contributed by atoms with van der Waals surface area (Å²) in [5, 5.41) is 33.8. The van der Waals surface area contributed by atoms with E-state index in [1.807, 2.05) is 26.0 Å². The van der Waals surface area contributed by atoms with Crippen molar-refractivity contribution in [2.24, 2.45) is 35.5 Å². The molecule has 370 valence electrons. The lowest BCUT2D eigenvalue weighted by atomic mass is 9.78. The molecule has 2 bridgehead atoms. The highest BCUT2D eigenvalue weighted by atomic mass is 16.6. The molecule has 3 heterocycles. The number of piperidine rings is 1. The quantitative estimate of drug-likeness (QED) is 0.121. The lowest BCUT2D eigenvalue weighted by molar-refractivity contribution is -0.265. The van der Waals surface area contributed by atoms with Crippen molar-refractivity contribution in [1.29, 1.82) is 0 Å². The van der Waals surface area contributed by atoms with Gasteiger partial charge in [0.15, 0.2) is 5.78 Å². The van der Waals surface area contributed by atoms with Crippen LogP contribution >= 0.6 is 0 Å². The molecule has 1 aliphatic carbocycles. The number of fused-ring (bicyclic) bond motifs is 3. The van der Waals surface area contributed by atoms with Crippen molar-refractivity contribution in [2.75, 3.05) is 20.8 Å². The molecule has 66 heavy (non-hydrogen) atoms. The number of nitrogens with zero attached hydrogens (tertiary/aromatic N) is 1. The minimum Gasteiger partial charge on any atom is -0.460 e. The van der Waals surface area contributed by atoms with E-state index < -0.39 is 83.9 Å². The molecule has 0 aromatic carbocycles. The van der Waals surface area contributed by atoms with Gasteiger partial charge < -0.3 is 43.9 Å². The average molecular weight is 928 g/mol. The van der Waals surface area contributed by atoms with Crippen LogP contribution in [0, 0.1) is 35.5 Å². The summed E-state index contributed by atoms with van der Waals surface area (Å²) in [7, 11) is 2.92. The molecule has 15 nitrogen and oxygen atoms in total. The first-order valence-electron chi connectivity index (χ1n) is 24.0. The molecular weight excluding hydrogens is 851 g/mol. The van der Waals surface area contributed by atoms with E-state index in [4.69, 9.17) is 23.7 Å². The highest BCUT2D eigenvalue weighted by Gasteiger charge is 2.53. The molecule has 3 N–H and O–H groups in total. The second kappa shape index (κ2) is 25.5. The second-order valence-corrected chi connectivity index (χ2v) is 19.6. The molecule has 3 fully saturated rings. The maximum absolute atomic E-state index is 14.4. The Morgan fingerprint density at radius 1 is 0.894 bits per heavy atom. The van der Waals surface area contributed by atoms with Gasteiger partial charge in [0.2, 0.25) is 5.79 Å². The molecule has 0 radical (unpaired) electrons. The zero-order valence-electron chi connectivity index (χ0n) is 40.6. The number of cyclic esters (lactones) is 1. The van der Waals surface area contributed by atoms with Gasteiger partial charge in [-0.3, -0.25) is 24.0 Å². The number of hydrogen-bond acceptors (Lipinski definition) is 14. The van der Waals surface area contributed by atoms with Crippen LogP contribution in [0.15, 0.2) is 47.6 Å². The maximum atomic E-state index is 14.4. The number of hydrogen-bond donors (Lipinski definition) is 3. The Kier molecular flexibility index (Phi) is 21.1. The van der Waals surface area contributed by atoms with Crippen LogP contribution in [0.5, 0.6) is 0 Å². The number of methoxy groups -OCH3 is 2.